The Morgan fingerprint density at radius 1 is 1.36 bits per heavy atom. The molecule has 1 aromatic heterocycles. The van der Waals surface area contributed by atoms with E-state index < -0.39 is 6.04 Å². The Hall–Kier alpha value is -2.39. The van der Waals surface area contributed by atoms with Crippen molar-refractivity contribution in [2.45, 2.75) is 32.2 Å². The van der Waals surface area contributed by atoms with Crippen molar-refractivity contribution < 1.29 is 13.9 Å². The predicted molar refractivity (Wildman–Crippen MR) is 101 cm³/mol. The number of ether oxygens (including phenoxy) is 1. The summed E-state index contributed by atoms with van der Waals surface area (Å²) in [5.41, 5.74) is 0.760. The second kappa shape index (κ2) is 9.20. The van der Waals surface area contributed by atoms with E-state index in [1.807, 2.05) is 0 Å². The summed E-state index contributed by atoms with van der Waals surface area (Å²) in [4.78, 5) is 13.1. The number of amides is 1. The zero-order chi connectivity index (χ0) is 20.0. The Morgan fingerprint density at radius 3 is 2.68 bits per heavy atom. The number of nitrogens with one attached hydrogen (secondary N) is 2. The number of nitrogens with zero attached hydrogens (tertiary/aromatic N) is 4. The molecule has 1 atom stereocenters. The lowest BCUT2D eigenvalue weighted by Crippen LogP contribution is -2.48. The van der Waals surface area contributed by atoms with E-state index >= 15 is 0 Å². The molecule has 2 aromatic rings. The summed E-state index contributed by atoms with van der Waals surface area (Å²) in [6.45, 7) is 4.70. The highest BCUT2D eigenvalue weighted by atomic mass is 19.1. The van der Waals surface area contributed by atoms with Crippen molar-refractivity contribution in [1.29, 1.82) is 0 Å². The maximum atomic E-state index is 13.2. The topological polar surface area (TPSA) is 94.0 Å². The van der Waals surface area contributed by atoms with Crippen molar-refractivity contribution in [3.8, 4) is 0 Å². The van der Waals surface area contributed by atoms with Crippen molar-refractivity contribution >= 4 is 5.91 Å². The number of hydrogen-bond donors (Lipinski definition) is 2. The lowest BCUT2D eigenvalue weighted by atomic mass is 9.79. The molecule has 3 rings (SSSR count). The zero-order valence-corrected chi connectivity index (χ0v) is 16.3. The van der Waals surface area contributed by atoms with Gasteiger partial charge >= 0.3 is 0 Å². The summed E-state index contributed by atoms with van der Waals surface area (Å²) < 4.78 is 20.2. The van der Waals surface area contributed by atoms with Crippen LogP contribution in [0.2, 0.25) is 0 Å². The molecule has 9 heteroatoms. The summed E-state index contributed by atoms with van der Waals surface area (Å²) in [7, 11) is 1.69. The van der Waals surface area contributed by atoms with Gasteiger partial charge in [0.05, 0.1) is 6.61 Å². The third-order valence-electron chi connectivity index (χ3n) is 5.35. The molecule has 1 unspecified atom stereocenters. The van der Waals surface area contributed by atoms with Gasteiger partial charge in [0.15, 0.2) is 0 Å². The molecule has 0 aliphatic carbocycles. The van der Waals surface area contributed by atoms with Crippen LogP contribution in [0.3, 0.4) is 0 Å². The first-order valence-electron chi connectivity index (χ1n) is 9.49. The van der Waals surface area contributed by atoms with E-state index in [0.29, 0.717) is 25.4 Å². The van der Waals surface area contributed by atoms with Crippen molar-refractivity contribution in [2.75, 3.05) is 33.4 Å². The molecule has 0 radical (unpaired) electrons. The minimum absolute atomic E-state index is 0.0776. The Bertz CT molecular complexity index is 767. The predicted octanol–water partition coefficient (Wildman–Crippen LogP) is 1.04. The lowest BCUT2D eigenvalue weighted by Gasteiger charge is -2.37. The van der Waals surface area contributed by atoms with Crippen LogP contribution in [-0.4, -0.2) is 59.5 Å². The summed E-state index contributed by atoms with van der Waals surface area (Å²) in [6, 6.07) is 5.52. The van der Waals surface area contributed by atoms with Crippen LogP contribution in [0.5, 0.6) is 0 Å². The second-order valence-corrected chi connectivity index (χ2v) is 7.42. The zero-order valence-electron chi connectivity index (χ0n) is 16.3. The average Bonchev–Trinajstić information content (AvgIpc) is 3.12. The third-order valence-corrected chi connectivity index (χ3v) is 5.35. The molecule has 28 heavy (non-hydrogen) atoms. The Balaban J connectivity index is 1.74. The van der Waals surface area contributed by atoms with E-state index in [0.717, 1.165) is 31.5 Å². The first-order chi connectivity index (χ1) is 13.5. The molecule has 152 valence electrons. The highest BCUT2D eigenvalue weighted by Crippen LogP contribution is 2.28. The van der Waals surface area contributed by atoms with Gasteiger partial charge in [-0.1, -0.05) is 12.1 Å². The van der Waals surface area contributed by atoms with Gasteiger partial charge in [0, 0.05) is 25.5 Å². The Labute approximate surface area is 163 Å². The molecule has 1 aliphatic rings. The number of aromatic nitrogens is 4. The molecule has 2 N–H and O–H groups in total. The number of benzene rings is 1. The molecule has 2 heterocycles. The summed E-state index contributed by atoms with van der Waals surface area (Å²) in [6.07, 6.45) is 2.25. The quantitative estimate of drug-likeness (QED) is 0.699. The summed E-state index contributed by atoms with van der Waals surface area (Å²) in [5.74, 6) is 0.0836. The average molecular weight is 390 g/mol. The number of methoxy groups -OCH3 is 1. The van der Waals surface area contributed by atoms with Gasteiger partial charge < -0.3 is 15.4 Å². The van der Waals surface area contributed by atoms with E-state index in [4.69, 9.17) is 4.74 Å². The van der Waals surface area contributed by atoms with Gasteiger partial charge in [0.2, 0.25) is 5.91 Å². The molecule has 0 saturated carbocycles. The molecule has 0 spiro atoms. The van der Waals surface area contributed by atoms with E-state index in [-0.39, 0.29) is 17.1 Å². The monoisotopic (exact) mass is 390 g/mol. The molecular formula is C19H27FN6O2. The van der Waals surface area contributed by atoms with Crippen LogP contribution in [0, 0.1) is 18.2 Å². The number of hydrogen-bond acceptors (Lipinski definition) is 6. The lowest BCUT2D eigenvalue weighted by molar-refractivity contribution is -0.125. The SMILES string of the molecule is COCC1(CNC(=O)C(Cc2ccc(F)cc2)n2nnnc2C)CCNCC1. The van der Waals surface area contributed by atoms with E-state index in [1.54, 1.807) is 26.2 Å². The standard InChI is InChI=1S/C19H27FN6O2/c1-14-23-24-25-26(14)17(11-15-3-5-16(20)6-4-15)18(27)22-12-19(13-28-2)7-9-21-10-8-19/h3-6,17,21H,7-13H2,1-2H3,(H,22,27). The van der Waals surface area contributed by atoms with Gasteiger partial charge in [-0.05, 0) is 61.0 Å². The smallest absolute Gasteiger partial charge is 0.245 e. The van der Waals surface area contributed by atoms with Crippen LogP contribution in [0.25, 0.3) is 0 Å². The van der Waals surface area contributed by atoms with Crippen molar-refractivity contribution in [3.63, 3.8) is 0 Å². The number of carbonyl (C=O) groups is 1. The van der Waals surface area contributed by atoms with Crippen LogP contribution in [0.1, 0.15) is 30.3 Å². The van der Waals surface area contributed by atoms with Gasteiger partial charge in [0.25, 0.3) is 0 Å². The van der Waals surface area contributed by atoms with Crippen LogP contribution in [-0.2, 0) is 16.0 Å². The highest BCUT2D eigenvalue weighted by Gasteiger charge is 2.34. The molecule has 1 saturated heterocycles. The number of aryl methyl sites for hydroxylation is 1. The van der Waals surface area contributed by atoms with E-state index in [1.165, 1.54) is 16.8 Å². The molecule has 1 aromatic carbocycles. The fourth-order valence-corrected chi connectivity index (χ4v) is 3.69. The van der Waals surface area contributed by atoms with Crippen molar-refractivity contribution in [3.05, 3.63) is 41.5 Å². The van der Waals surface area contributed by atoms with E-state index in [9.17, 15) is 9.18 Å². The fourth-order valence-electron chi connectivity index (χ4n) is 3.69. The van der Waals surface area contributed by atoms with Gasteiger partial charge in [-0.3, -0.25) is 4.79 Å². The fraction of sp³-hybridized carbons (Fsp3) is 0.579. The molecule has 0 bridgehead atoms. The van der Waals surface area contributed by atoms with Crippen LogP contribution < -0.4 is 10.6 Å². The third kappa shape index (κ3) is 4.90. The maximum absolute atomic E-state index is 13.2. The van der Waals surface area contributed by atoms with Crippen LogP contribution >= 0.6 is 0 Å². The highest BCUT2D eigenvalue weighted by molar-refractivity contribution is 5.80. The molecule has 1 fully saturated rings. The minimum Gasteiger partial charge on any atom is -0.384 e. The van der Waals surface area contributed by atoms with Crippen molar-refractivity contribution in [2.24, 2.45) is 5.41 Å². The van der Waals surface area contributed by atoms with Gasteiger partial charge in [0.1, 0.15) is 17.7 Å². The number of tetrazole rings is 1. The van der Waals surface area contributed by atoms with Gasteiger partial charge in [-0.15, -0.1) is 5.10 Å². The number of halogens is 1. The Kier molecular flexibility index (Phi) is 6.69. The van der Waals surface area contributed by atoms with Crippen molar-refractivity contribution in [1.82, 2.24) is 30.8 Å². The van der Waals surface area contributed by atoms with Crippen LogP contribution in [0.4, 0.5) is 4.39 Å². The van der Waals surface area contributed by atoms with E-state index in [2.05, 4.69) is 26.2 Å². The molecule has 1 aliphatic heterocycles. The molecule has 1 amide bonds. The second-order valence-electron chi connectivity index (χ2n) is 7.42. The number of piperidine rings is 1. The number of carbonyl (C=O) groups excluding carboxylic acids is 1. The first kappa shape index (κ1) is 20.3. The normalized spacial score (nSPS) is 17.2. The largest absolute Gasteiger partial charge is 0.384 e. The molecular weight excluding hydrogens is 363 g/mol. The number of rotatable bonds is 8. The van der Waals surface area contributed by atoms with Gasteiger partial charge in [-0.25, -0.2) is 9.07 Å². The first-order valence-corrected chi connectivity index (χ1v) is 9.49. The van der Waals surface area contributed by atoms with Gasteiger partial charge in [-0.2, -0.15) is 0 Å². The van der Waals surface area contributed by atoms with Crippen LogP contribution in [0.15, 0.2) is 24.3 Å². The molecule has 8 nitrogen and oxygen atoms in total. The minimum atomic E-state index is -0.609. The Morgan fingerprint density at radius 2 is 2.07 bits per heavy atom. The maximum Gasteiger partial charge on any atom is 0.245 e. The summed E-state index contributed by atoms with van der Waals surface area (Å²) >= 11 is 0. The summed E-state index contributed by atoms with van der Waals surface area (Å²) in [5, 5.41) is 18.0.